The van der Waals surface area contributed by atoms with Crippen molar-refractivity contribution in [3.63, 3.8) is 0 Å². The number of hydrogen-bond acceptors (Lipinski definition) is 5. The fourth-order valence-electron chi connectivity index (χ4n) is 3.59. The summed E-state index contributed by atoms with van der Waals surface area (Å²) < 4.78 is 0. The number of hydrogen-bond donors (Lipinski definition) is 3. The lowest BCUT2D eigenvalue weighted by Crippen LogP contribution is -2.44. The Bertz CT molecular complexity index is 1360. The second-order valence-electron chi connectivity index (χ2n) is 8.54. The summed E-state index contributed by atoms with van der Waals surface area (Å²) in [6.07, 6.45) is 1.58. The molecule has 7 nitrogen and oxygen atoms in total. The summed E-state index contributed by atoms with van der Waals surface area (Å²) in [7, 11) is 0. The van der Waals surface area contributed by atoms with E-state index in [4.69, 9.17) is 0 Å². The van der Waals surface area contributed by atoms with Crippen molar-refractivity contribution in [2.75, 3.05) is 5.32 Å². The highest BCUT2D eigenvalue weighted by Crippen LogP contribution is 2.28. The van der Waals surface area contributed by atoms with Gasteiger partial charge in [-0.25, -0.2) is 9.78 Å². The number of carboxylic acid groups (broad SMARTS) is 1. The highest BCUT2D eigenvalue weighted by atomic mass is 32.1. The van der Waals surface area contributed by atoms with E-state index in [1.54, 1.807) is 44.3 Å². The van der Waals surface area contributed by atoms with Crippen LogP contribution < -0.4 is 10.6 Å². The Morgan fingerprint density at radius 3 is 2.03 bits per heavy atom. The lowest BCUT2D eigenvalue weighted by Gasteiger charge is -2.16. The van der Waals surface area contributed by atoms with Gasteiger partial charge < -0.3 is 15.7 Å². The number of benzene rings is 3. The molecule has 3 N–H and O–H groups in total. The fourth-order valence-corrected chi connectivity index (χ4v) is 4.42. The third-order valence-corrected chi connectivity index (χ3v) is 6.65. The van der Waals surface area contributed by atoms with Crippen LogP contribution in [0, 0.1) is 5.92 Å². The largest absolute Gasteiger partial charge is 0.480 e. The molecular weight excluding hydrogens is 474 g/mol. The molecule has 1 unspecified atom stereocenters. The maximum Gasteiger partial charge on any atom is 0.326 e. The Balaban J connectivity index is 1.39. The minimum Gasteiger partial charge on any atom is -0.480 e. The Labute approximate surface area is 212 Å². The van der Waals surface area contributed by atoms with Crippen molar-refractivity contribution in [1.29, 1.82) is 0 Å². The monoisotopic (exact) mass is 499 g/mol. The van der Waals surface area contributed by atoms with Gasteiger partial charge in [-0.05, 0) is 46.9 Å². The molecule has 0 aliphatic rings. The van der Waals surface area contributed by atoms with Gasteiger partial charge in [-0.2, -0.15) is 0 Å². The van der Waals surface area contributed by atoms with E-state index in [-0.39, 0.29) is 16.8 Å². The van der Waals surface area contributed by atoms with E-state index >= 15 is 0 Å². The number of aliphatic carboxylic acids is 1. The number of carboxylic acids is 1. The van der Waals surface area contributed by atoms with Crippen molar-refractivity contribution in [3.05, 3.63) is 95.6 Å². The smallest absolute Gasteiger partial charge is 0.326 e. The first kappa shape index (κ1) is 24.8. The summed E-state index contributed by atoms with van der Waals surface area (Å²) in [6, 6.07) is 23.6. The summed E-state index contributed by atoms with van der Waals surface area (Å²) in [6.45, 7) is 3.46. The van der Waals surface area contributed by atoms with Crippen molar-refractivity contribution in [2.45, 2.75) is 19.9 Å². The molecule has 36 heavy (non-hydrogen) atoms. The lowest BCUT2D eigenvalue weighted by molar-refractivity contribution is -0.140. The third-order valence-electron chi connectivity index (χ3n) is 5.60. The van der Waals surface area contributed by atoms with Crippen LogP contribution in [0.5, 0.6) is 0 Å². The van der Waals surface area contributed by atoms with Crippen LogP contribution in [0.2, 0.25) is 0 Å². The summed E-state index contributed by atoms with van der Waals surface area (Å²) in [5.74, 6) is -2.07. The molecule has 0 spiro atoms. The predicted molar refractivity (Wildman–Crippen MR) is 141 cm³/mol. The Hall–Kier alpha value is -4.30. The van der Waals surface area contributed by atoms with Gasteiger partial charge in [-0.3, -0.25) is 9.59 Å². The van der Waals surface area contributed by atoms with Gasteiger partial charge in [0, 0.05) is 17.4 Å². The maximum atomic E-state index is 12.7. The summed E-state index contributed by atoms with van der Waals surface area (Å²) in [4.78, 5) is 41.4. The molecule has 4 rings (SSSR count). The lowest BCUT2D eigenvalue weighted by atomic mass is 10.0. The molecule has 3 aromatic carbocycles. The molecule has 0 aliphatic carbocycles. The van der Waals surface area contributed by atoms with Gasteiger partial charge in [0.25, 0.3) is 11.8 Å². The van der Waals surface area contributed by atoms with Crippen LogP contribution in [0.1, 0.15) is 34.0 Å². The molecule has 2 amide bonds. The summed E-state index contributed by atoms with van der Waals surface area (Å²) in [5.41, 5.74) is 4.15. The Morgan fingerprint density at radius 1 is 0.806 bits per heavy atom. The second kappa shape index (κ2) is 11.0. The number of rotatable bonds is 8. The number of carbonyl (C=O) groups is 3. The van der Waals surface area contributed by atoms with Crippen LogP contribution in [0.25, 0.3) is 21.6 Å². The van der Waals surface area contributed by atoms with E-state index in [0.29, 0.717) is 11.3 Å². The number of nitrogens with zero attached hydrogens (tertiary/aromatic N) is 1. The van der Waals surface area contributed by atoms with Crippen LogP contribution in [-0.2, 0) is 4.79 Å². The first-order chi connectivity index (χ1) is 17.3. The van der Waals surface area contributed by atoms with Gasteiger partial charge in [0.15, 0.2) is 5.01 Å². The summed E-state index contributed by atoms with van der Waals surface area (Å²) in [5, 5.41) is 14.9. The molecular formula is C28H25N3O4S. The van der Waals surface area contributed by atoms with Gasteiger partial charge in [-0.1, -0.05) is 68.4 Å². The molecule has 0 aliphatic heterocycles. The average Bonchev–Trinajstić information content (AvgIpc) is 3.38. The van der Waals surface area contributed by atoms with Crippen molar-refractivity contribution in [1.82, 2.24) is 10.3 Å². The normalized spacial score (nSPS) is 11.6. The van der Waals surface area contributed by atoms with Crippen LogP contribution in [0.15, 0.2) is 85.1 Å². The van der Waals surface area contributed by atoms with Gasteiger partial charge in [-0.15, -0.1) is 11.3 Å². The molecule has 1 aromatic heterocycles. The highest BCUT2D eigenvalue weighted by molar-refractivity contribution is 7.17. The Morgan fingerprint density at radius 2 is 1.42 bits per heavy atom. The molecule has 0 fully saturated rings. The highest BCUT2D eigenvalue weighted by Gasteiger charge is 2.25. The topological polar surface area (TPSA) is 108 Å². The first-order valence-corrected chi connectivity index (χ1v) is 12.2. The van der Waals surface area contributed by atoms with E-state index < -0.39 is 17.9 Å². The number of aromatic nitrogens is 1. The SMILES string of the molecule is CC(C)C(NC(=O)c1ncc(-c2ccc(NC(=O)c3ccc(-c4ccccc4)cc3)cc2)s1)C(=O)O. The summed E-state index contributed by atoms with van der Waals surface area (Å²) >= 11 is 1.17. The minimum absolute atomic E-state index is 0.188. The van der Waals surface area contributed by atoms with Crippen LogP contribution in [0.4, 0.5) is 5.69 Å². The zero-order valence-corrected chi connectivity index (χ0v) is 20.6. The van der Waals surface area contributed by atoms with Crippen molar-refractivity contribution in [3.8, 4) is 21.6 Å². The Kier molecular flexibility index (Phi) is 7.56. The average molecular weight is 500 g/mol. The van der Waals surface area contributed by atoms with E-state index in [9.17, 15) is 19.5 Å². The van der Waals surface area contributed by atoms with Crippen LogP contribution in [0.3, 0.4) is 0 Å². The second-order valence-corrected chi connectivity index (χ2v) is 9.57. The molecule has 1 atom stereocenters. The number of carbonyl (C=O) groups excluding carboxylic acids is 2. The van der Waals surface area contributed by atoms with Crippen molar-refractivity contribution >= 4 is 34.8 Å². The standard InChI is InChI=1S/C28H25N3O4S/c1-17(2)24(28(34)35)31-26(33)27-29-16-23(36-27)20-12-14-22(15-13-20)30-25(32)21-10-8-19(9-11-21)18-6-4-3-5-7-18/h3-17,24H,1-2H3,(H,30,32)(H,31,33)(H,34,35). The van der Waals surface area contributed by atoms with E-state index in [1.165, 1.54) is 11.3 Å². The van der Waals surface area contributed by atoms with Crippen molar-refractivity contribution in [2.24, 2.45) is 5.92 Å². The van der Waals surface area contributed by atoms with Gasteiger partial charge >= 0.3 is 5.97 Å². The number of nitrogens with one attached hydrogen (secondary N) is 2. The predicted octanol–water partition coefficient (Wildman–Crippen LogP) is 5.57. The van der Waals surface area contributed by atoms with Gasteiger partial charge in [0.05, 0.1) is 4.88 Å². The minimum atomic E-state index is -1.08. The van der Waals surface area contributed by atoms with Gasteiger partial charge in [0.2, 0.25) is 0 Å². The molecule has 0 saturated heterocycles. The van der Waals surface area contributed by atoms with Crippen LogP contribution >= 0.6 is 11.3 Å². The van der Waals surface area contributed by atoms with E-state index in [2.05, 4.69) is 15.6 Å². The quantitative estimate of drug-likeness (QED) is 0.294. The molecule has 0 saturated carbocycles. The van der Waals surface area contributed by atoms with E-state index in [1.807, 2.05) is 54.6 Å². The molecule has 0 radical (unpaired) electrons. The maximum absolute atomic E-state index is 12.7. The number of thiazole rings is 1. The molecule has 182 valence electrons. The third kappa shape index (κ3) is 5.84. The van der Waals surface area contributed by atoms with Crippen molar-refractivity contribution < 1.29 is 19.5 Å². The van der Waals surface area contributed by atoms with Crippen LogP contribution in [-0.4, -0.2) is 33.9 Å². The van der Waals surface area contributed by atoms with Gasteiger partial charge in [0.1, 0.15) is 6.04 Å². The first-order valence-electron chi connectivity index (χ1n) is 11.4. The zero-order chi connectivity index (χ0) is 25.7. The molecule has 4 aromatic rings. The molecule has 8 heteroatoms. The number of anilines is 1. The fraction of sp³-hybridized carbons (Fsp3) is 0.143. The molecule has 0 bridgehead atoms. The van der Waals surface area contributed by atoms with E-state index in [0.717, 1.165) is 21.6 Å². The number of amides is 2. The molecule has 1 heterocycles. The zero-order valence-electron chi connectivity index (χ0n) is 19.8.